The van der Waals surface area contributed by atoms with Crippen molar-refractivity contribution in [3.8, 4) is 0 Å². The van der Waals surface area contributed by atoms with Crippen molar-refractivity contribution in [1.29, 1.82) is 0 Å². The first-order valence-corrected chi connectivity index (χ1v) is 5.88. The smallest absolute Gasteiger partial charge is 0.0405 e. The van der Waals surface area contributed by atoms with Crippen LogP contribution in [-0.4, -0.2) is 18.1 Å². The lowest BCUT2D eigenvalue weighted by molar-refractivity contribution is 0.405. The van der Waals surface area contributed by atoms with Gasteiger partial charge in [0.15, 0.2) is 0 Å². The number of nitrogens with two attached hydrogens (primary N) is 1. The number of benzene rings is 1. The highest BCUT2D eigenvalue weighted by Gasteiger charge is 2.50. The van der Waals surface area contributed by atoms with Crippen LogP contribution in [0.2, 0.25) is 0 Å². The van der Waals surface area contributed by atoms with Crippen LogP contribution in [0.25, 0.3) is 0 Å². The van der Waals surface area contributed by atoms with Crippen molar-refractivity contribution in [2.75, 3.05) is 11.4 Å². The third-order valence-corrected chi connectivity index (χ3v) is 3.87. The molecule has 1 saturated heterocycles. The summed E-state index contributed by atoms with van der Waals surface area (Å²) in [6.45, 7) is 1.03. The van der Waals surface area contributed by atoms with Gasteiger partial charge in [-0.05, 0) is 37.8 Å². The molecule has 1 aliphatic carbocycles. The number of piperidine rings is 1. The Labute approximate surface area is 91.1 Å². The first-order chi connectivity index (χ1) is 7.30. The number of nitrogens with zero attached hydrogens (tertiary/aromatic N) is 1. The van der Waals surface area contributed by atoms with Crippen molar-refractivity contribution in [2.24, 2.45) is 5.73 Å². The molecule has 15 heavy (non-hydrogen) atoms. The lowest BCUT2D eigenvalue weighted by Gasteiger charge is -2.41. The second-order valence-corrected chi connectivity index (χ2v) is 4.97. The van der Waals surface area contributed by atoms with Crippen molar-refractivity contribution in [3.05, 3.63) is 30.3 Å². The molecule has 0 bridgehead atoms. The van der Waals surface area contributed by atoms with Gasteiger partial charge in [0.1, 0.15) is 0 Å². The molecule has 2 fully saturated rings. The molecule has 0 aromatic heterocycles. The van der Waals surface area contributed by atoms with Gasteiger partial charge in [0.25, 0.3) is 0 Å². The van der Waals surface area contributed by atoms with E-state index in [1.165, 1.54) is 31.4 Å². The van der Waals surface area contributed by atoms with Crippen LogP contribution in [0.4, 0.5) is 5.69 Å². The van der Waals surface area contributed by atoms with E-state index < -0.39 is 0 Å². The quantitative estimate of drug-likeness (QED) is 0.756. The van der Waals surface area contributed by atoms with E-state index in [0.29, 0.717) is 11.6 Å². The molecule has 1 unspecified atom stereocenters. The third-order valence-electron chi connectivity index (χ3n) is 3.87. The fourth-order valence-corrected chi connectivity index (χ4v) is 2.76. The van der Waals surface area contributed by atoms with E-state index in [-0.39, 0.29) is 0 Å². The van der Waals surface area contributed by atoms with Gasteiger partial charge >= 0.3 is 0 Å². The SMILES string of the molecule is NC1CCC2(CC2)N(c2ccccc2)C1. The lowest BCUT2D eigenvalue weighted by atomic mass is 9.96. The molecule has 80 valence electrons. The molecule has 2 heteroatoms. The zero-order valence-corrected chi connectivity index (χ0v) is 9.02. The maximum absolute atomic E-state index is 6.07. The molecule has 1 heterocycles. The summed E-state index contributed by atoms with van der Waals surface area (Å²) in [6.07, 6.45) is 5.19. The van der Waals surface area contributed by atoms with Crippen molar-refractivity contribution in [3.63, 3.8) is 0 Å². The zero-order valence-electron chi connectivity index (χ0n) is 9.02. The normalized spacial score (nSPS) is 28.1. The monoisotopic (exact) mass is 202 g/mol. The van der Waals surface area contributed by atoms with Crippen molar-refractivity contribution in [1.82, 2.24) is 0 Å². The average Bonchev–Trinajstić information content (AvgIpc) is 3.04. The van der Waals surface area contributed by atoms with Gasteiger partial charge in [-0.25, -0.2) is 0 Å². The molecule has 0 radical (unpaired) electrons. The minimum Gasteiger partial charge on any atom is -0.364 e. The molecule has 1 aliphatic heterocycles. The highest BCUT2D eigenvalue weighted by Crippen LogP contribution is 2.49. The Morgan fingerprint density at radius 3 is 2.53 bits per heavy atom. The number of para-hydroxylation sites is 1. The topological polar surface area (TPSA) is 29.3 Å². The van der Waals surface area contributed by atoms with Crippen LogP contribution in [-0.2, 0) is 0 Å². The predicted molar refractivity (Wildman–Crippen MR) is 63.0 cm³/mol. The molecule has 1 aromatic rings. The molecular formula is C13H18N2. The molecular weight excluding hydrogens is 184 g/mol. The fourth-order valence-electron chi connectivity index (χ4n) is 2.76. The van der Waals surface area contributed by atoms with Crippen LogP contribution >= 0.6 is 0 Å². The summed E-state index contributed by atoms with van der Waals surface area (Å²) in [4.78, 5) is 2.54. The standard InChI is InChI=1S/C13H18N2/c14-11-6-7-13(8-9-13)15(10-11)12-4-2-1-3-5-12/h1-5,11H,6-10,14H2. The van der Waals surface area contributed by atoms with E-state index in [9.17, 15) is 0 Å². The highest BCUT2D eigenvalue weighted by molar-refractivity contribution is 5.52. The van der Waals surface area contributed by atoms with Gasteiger partial charge in [-0.2, -0.15) is 0 Å². The van der Waals surface area contributed by atoms with Gasteiger partial charge in [0, 0.05) is 23.8 Å². The summed E-state index contributed by atoms with van der Waals surface area (Å²) in [5, 5.41) is 0. The summed E-state index contributed by atoms with van der Waals surface area (Å²) in [5.74, 6) is 0. The van der Waals surface area contributed by atoms with Gasteiger partial charge in [-0.15, -0.1) is 0 Å². The summed E-state index contributed by atoms with van der Waals surface area (Å²) >= 11 is 0. The number of rotatable bonds is 1. The summed E-state index contributed by atoms with van der Waals surface area (Å²) in [6, 6.07) is 11.1. The first-order valence-electron chi connectivity index (χ1n) is 5.88. The number of anilines is 1. The third kappa shape index (κ3) is 1.53. The molecule has 2 N–H and O–H groups in total. The van der Waals surface area contributed by atoms with E-state index in [1.54, 1.807) is 0 Å². The van der Waals surface area contributed by atoms with Crippen molar-refractivity contribution in [2.45, 2.75) is 37.3 Å². The highest BCUT2D eigenvalue weighted by atomic mass is 15.3. The van der Waals surface area contributed by atoms with Crippen molar-refractivity contribution >= 4 is 5.69 Å². The second kappa shape index (κ2) is 3.24. The van der Waals surface area contributed by atoms with E-state index >= 15 is 0 Å². The van der Waals surface area contributed by atoms with Gasteiger partial charge in [-0.3, -0.25) is 0 Å². The van der Waals surface area contributed by atoms with Gasteiger partial charge in [0.2, 0.25) is 0 Å². The Balaban J connectivity index is 1.89. The molecule has 1 atom stereocenters. The summed E-state index contributed by atoms with van der Waals surface area (Å²) in [7, 11) is 0. The molecule has 2 aliphatic rings. The molecule has 1 spiro atoms. The minimum absolute atomic E-state index is 0.358. The number of hydrogen-bond donors (Lipinski definition) is 1. The Bertz CT molecular complexity index is 343. The Morgan fingerprint density at radius 2 is 1.87 bits per heavy atom. The Hall–Kier alpha value is -1.02. The van der Waals surface area contributed by atoms with Gasteiger partial charge < -0.3 is 10.6 Å². The molecule has 3 rings (SSSR count). The van der Waals surface area contributed by atoms with Crippen LogP contribution in [0.3, 0.4) is 0 Å². The van der Waals surface area contributed by atoms with Crippen LogP contribution in [0, 0.1) is 0 Å². The van der Waals surface area contributed by atoms with Gasteiger partial charge in [-0.1, -0.05) is 18.2 Å². The average molecular weight is 202 g/mol. The van der Waals surface area contributed by atoms with E-state index in [1.807, 2.05) is 0 Å². The fraction of sp³-hybridized carbons (Fsp3) is 0.538. The predicted octanol–water partition coefficient (Wildman–Crippen LogP) is 2.15. The van der Waals surface area contributed by atoms with Crippen LogP contribution in [0.5, 0.6) is 0 Å². The van der Waals surface area contributed by atoms with E-state index in [4.69, 9.17) is 5.73 Å². The molecule has 1 saturated carbocycles. The lowest BCUT2D eigenvalue weighted by Crippen LogP contribution is -2.50. The van der Waals surface area contributed by atoms with Crippen LogP contribution in [0.1, 0.15) is 25.7 Å². The van der Waals surface area contributed by atoms with Crippen molar-refractivity contribution < 1.29 is 0 Å². The minimum atomic E-state index is 0.358. The Morgan fingerprint density at radius 1 is 1.13 bits per heavy atom. The summed E-state index contributed by atoms with van der Waals surface area (Å²) in [5.41, 5.74) is 7.91. The van der Waals surface area contributed by atoms with E-state index in [0.717, 1.165) is 6.54 Å². The Kier molecular flexibility index (Phi) is 1.99. The molecule has 0 amide bonds. The summed E-state index contributed by atoms with van der Waals surface area (Å²) < 4.78 is 0. The second-order valence-electron chi connectivity index (χ2n) is 4.97. The molecule has 1 aromatic carbocycles. The van der Waals surface area contributed by atoms with Crippen LogP contribution in [0.15, 0.2) is 30.3 Å². The largest absolute Gasteiger partial charge is 0.364 e. The first kappa shape index (κ1) is 9.22. The maximum Gasteiger partial charge on any atom is 0.0405 e. The molecule has 2 nitrogen and oxygen atoms in total. The zero-order chi connectivity index (χ0) is 10.3. The van der Waals surface area contributed by atoms with Gasteiger partial charge in [0.05, 0.1) is 0 Å². The maximum atomic E-state index is 6.07. The van der Waals surface area contributed by atoms with Crippen LogP contribution < -0.4 is 10.6 Å². The number of hydrogen-bond acceptors (Lipinski definition) is 2. The van der Waals surface area contributed by atoms with E-state index in [2.05, 4.69) is 35.2 Å².